The number of aromatic nitrogens is 2. The third-order valence-electron chi connectivity index (χ3n) is 14.4. The van der Waals surface area contributed by atoms with Crippen LogP contribution in [0.3, 0.4) is 0 Å². The smallest absolute Gasteiger partial charge is 0.150 e. The SMILES string of the molecule is Cc1cc2c(cc1C)N1C(=N[C@H]3c4ccccc4C[C@H]31)c1cc3c(cc1-2)c(C)c(C)c1ccc2c(nc4c5c(O)c(C(C)(C)C)ccc5c5cc(C)c(C)cc5n24)c13. The molecular weight excluding hydrogens is 709 g/mol. The summed E-state index contributed by atoms with van der Waals surface area (Å²) in [5, 5.41) is 20.0. The average Bonchev–Trinajstić information content (AvgIpc) is 3.88. The Labute approximate surface area is 338 Å². The summed E-state index contributed by atoms with van der Waals surface area (Å²) in [6.45, 7) is 19.9. The van der Waals surface area contributed by atoms with Crippen LogP contribution in [-0.4, -0.2) is 26.4 Å². The van der Waals surface area contributed by atoms with Gasteiger partial charge in [0, 0.05) is 27.5 Å². The van der Waals surface area contributed by atoms with Crippen molar-refractivity contribution in [1.82, 2.24) is 9.38 Å². The molecule has 4 heterocycles. The van der Waals surface area contributed by atoms with Gasteiger partial charge in [-0.15, -0.1) is 0 Å². The van der Waals surface area contributed by atoms with Crippen molar-refractivity contribution in [2.45, 2.75) is 86.2 Å². The number of aromatic hydroxyl groups is 1. The van der Waals surface area contributed by atoms with Crippen LogP contribution < -0.4 is 4.90 Å². The molecule has 5 nitrogen and oxygen atoms in total. The van der Waals surface area contributed by atoms with Gasteiger partial charge in [-0.05, 0) is 167 Å². The molecule has 9 aromatic rings. The number of hydrogen-bond acceptors (Lipinski definition) is 4. The summed E-state index contributed by atoms with van der Waals surface area (Å²) >= 11 is 0. The van der Waals surface area contributed by atoms with Gasteiger partial charge in [0.2, 0.25) is 0 Å². The minimum Gasteiger partial charge on any atom is -0.507 e. The van der Waals surface area contributed by atoms with Crippen LogP contribution in [0.5, 0.6) is 5.75 Å². The minimum atomic E-state index is -0.247. The third kappa shape index (κ3) is 4.16. The van der Waals surface area contributed by atoms with Crippen LogP contribution in [0.1, 0.15) is 82.4 Å². The monoisotopic (exact) mass is 754 g/mol. The van der Waals surface area contributed by atoms with Crippen LogP contribution in [0.15, 0.2) is 89.9 Å². The van der Waals surface area contributed by atoms with E-state index in [1.165, 1.54) is 83.0 Å². The molecule has 0 bridgehead atoms. The molecule has 284 valence electrons. The highest BCUT2D eigenvalue weighted by molar-refractivity contribution is 6.28. The van der Waals surface area contributed by atoms with E-state index in [2.05, 4.69) is 157 Å². The van der Waals surface area contributed by atoms with E-state index in [0.717, 1.165) is 61.6 Å². The Hall–Kier alpha value is -6.20. The zero-order valence-corrected chi connectivity index (χ0v) is 34.7. The van der Waals surface area contributed by atoms with Crippen molar-refractivity contribution in [2.24, 2.45) is 4.99 Å². The molecule has 0 saturated heterocycles. The second-order valence-corrected chi connectivity index (χ2v) is 18.6. The van der Waals surface area contributed by atoms with E-state index in [9.17, 15) is 5.11 Å². The molecule has 12 rings (SSSR count). The molecule has 7 aromatic carbocycles. The second kappa shape index (κ2) is 11.0. The first kappa shape index (κ1) is 33.9. The zero-order valence-electron chi connectivity index (χ0n) is 34.7. The largest absolute Gasteiger partial charge is 0.507 e. The summed E-state index contributed by atoms with van der Waals surface area (Å²) in [5.74, 6) is 1.39. The first-order valence-corrected chi connectivity index (χ1v) is 20.8. The number of anilines is 1. The molecular formula is C53H46N4O. The van der Waals surface area contributed by atoms with Crippen molar-refractivity contribution in [3.63, 3.8) is 0 Å². The number of phenolic OH excluding ortho intramolecular Hbond substituents is 1. The quantitative estimate of drug-likeness (QED) is 0.157. The topological polar surface area (TPSA) is 53.1 Å². The minimum absolute atomic E-state index is 0.100. The highest BCUT2D eigenvalue weighted by atomic mass is 16.3. The third-order valence-corrected chi connectivity index (χ3v) is 14.4. The summed E-state index contributed by atoms with van der Waals surface area (Å²) in [5.41, 5.74) is 19.9. The molecule has 0 radical (unpaired) electrons. The summed E-state index contributed by atoms with van der Waals surface area (Å²) in [7, 11) is 0. The van der Waals surface area contributed by atoms with E-state index in [1.807, 2.05) is 0 Å². The Bertz CT molecular complexity index is 3450. The fourth-order valence-electron chi connectivity index (χ4n) is 10.9. The number of rotatable bonds is 0. The van der Waals surface area contributed by atoms with Gasteiger partial charge in [0.15, 0.2) is 0 Å². The fourth-order valence-corrected chi connectivity index (χ4v) is 10.9. The van der Waals surface area contributed by atoms with Crippen LogP contribution in [0.4, 0.5) is 5.69 Å². The fraction of sp³-hybridized carbons (Fsp3) is 0.245. The average molecular weight is 755 g/mol. The van der Waals surface area contributed by atoms with Crippen LogP contribution in [0, 0.1) is 41.5 Å². The molecule has 2 atom stereocenters. The van der Waals surface area contributed by atoms with Crippen LogP contribution in [0.2, 0.25) is 0 Å². The molecule has 0 fully saturated rings. The summed E-state index contributed by atoms with van der Waals surface area (Å²) < 4.78 is 2.31. The molecule has 0 saturated carbocycles. The van der Waals surface area contributed by atoms with Crippen molar-refractivity contribution in [1.29, 1.82) is 0 Å². The van der Waals surface area contributed by atoms with Crippen LogP contribution in [-0.2, 0) is 11.8 Å². The maximum atomic E-state index is 12.3. The standard InChI is InChI=1S/C53H46N4O/c1-25-18-37-34-14-16-41(53(7,8)9)50(58)47(34)52-55-49-42(56(52)43(37)20-27(25)3)17-15-32-29(5)30(6)35-23-36-38-19-26(2)28(4)21-44(38)57-45-22-31-12-10-11-13-33(31)48(45)54-51(57)40(36)24-39(35)46(32)49/h10-21,23-24,45,48,58H,22H2,1-9H3/t45-,48+/m1/s1. The van der Waals surface area contributed by atoms with Gasteiger partial charge >= 0.3 is 0 Å². The summed E-state index contributed by atoms with van der Waals surface area (Å²) in [6.07, 6.45) is 0.983. The normalized spacial score (nSPS) is 17.1. The highest BCUT2D eigenvalue weighted by Gasteiger charge is 2.46. The Kier molecular flexibility index (Phi) is 6.45. The van der Waals surface area contributed by atoms with Crippen molar-refractivity contribution in [3.05, 3.63) is 141 Å². The molecule has 1 aliphatic carbocycles. The zero-order chi connectivity index (χ0) is 39.8. The molecule has 0 amide bonds. The predicted octanol–water partition coefficient (Wildman–Crippen LogP) is 12.9. The number of amidine groups is 1. The maximum Gasteiger partial charge on any atom is 0.150 e. The lowest BCUT2D eigenvalue weighted by Gasteiger charge is -2.35. The number of hydrogen-bond donors (Lipinski definition) is 1. The number of aryl methyl sites for hydroxylation is 6. The molecule has 1 N–H and O–H groups in total. The van der Waals surface area contributed by atoms with E-state index in [0.29, 0.717) is 5.75 Å². The van der Waals surface area contributed by atoms with Gasteiger partial charge in [-0.1, -0.05) is 63.2 Å². The van der Waals surface area contributed by atoms with Gasteiger partial charge in [0.25, 0.3) is 0 Å². The molecule has 2 aliphatic heterocycles. The predicted molar refractivity (Wildman–Crippen MR) is 243 cm³/mol. The van der Waals surface area contributed by atoms with E-state index < -0.39 is 0 Å². The molecule has 2 aromatic heterocycles. The van der Waals surface area contributed by atoms with Crippen molar-refractivity contribution < 1.29 is 5.11 Å². The van der Waals surface area contributed by atoms with Gasteiger partial charge in [-0.25, -0.2) is 4.98 Å². The number of fused-ring (bicyclic) bond motifs is 22. The van der Waals surface area contributed by atoms with E-state index >= 15 is 0 Å². The molecule has 58 heavy (non-hydrogen) atoms. The number of phenols is 1. The van der Waals surface area contributed by atoms with Gasteiger partial charge in [0.1, 0.15) is 17.2 Å². The number of nitrogens with zero attached hydrogens (tertiary/aromatic N) is 4. The first-order valence-electron chi connectivity index (χ1n) is 20.8. The van der Waals surface area contributed by atoms with Gasteiger partial charge in [-0.3, -0.25) is 9.39 Å². The van der Waals surface area contributed by atoms with Crippen molar-refractivity contribution >= 4 is 71.4 Å². The van der Waals surface area contributed by atoms with Crippen LogP contribution >= 0.6 is 0 Å². The summed E-state index contributed by atoms with van der Waals surface area (Å²) in [4.78, 5) is 13.9. The lowest BCUT2D eigenvalue weighted by Crippen LogP contribution is -2.40. The number of aliphatic imine (C=N–C) groups is 1. The Morgan fingerprint density at radius 2 is 1.34 bits per heavy atom. The number of benzene rings is 7. The lowest BCUT2D eigenvalue weighted by atomic mass is 9.84. The highest BCUT2D eigenvalue weighted by Crippen LogP contribution is 2.53. The van der Waals surface area contributed by atoms with Gasteiger partial charge in [-0.2, -0.15) is 0 Å². The van der Waals surface area contributed by atoms with Crippen LogP contribution in [0.25, 0.3) is 71.0 Å². The molecule has 5 heteroatoms. The van der Waals surface area contributed by atoms with Gasteiger partial charge < -0.3 is 10.0 Å². The second-order valence-electron chi connectivity index (χ2n) is 18.6. The molecule has 0 unspecified atom stereocenters. The Morgan fingerprint density at radius 3 is 2.16 bits per heavy atom. The van der Waals surface area contributed by atoms with E-state index in [4.69, 9.17) is 9.98 Å². The van der Waals surface area contributed by atoms with Crippen molar-refractivity contribution in [2.75, 3.05) is 4.90 Å². The maximum absolute atomic E-state index is 12.3. The Balaban J connectivity index is 1.24. The van der Waals surface area contributed by atoms with Gasteiger partial charge in [0.05, 0.1) is 39.7 Å². The molecule has 3 aliphatic rings. The Morgan fingerprint density at radius 1 is 0.638 bits per heavy atom. The molecule has 0 spiro atoms. The van der Waals surface area contributed by atoms with E-state index in [-0.39, 0.29) is 17.5 Å². The lowest BCUT2D eigenvalue weighted by molar-refractivity contribution is 0.453. The number of imidazole rings is 1. The first-order chi connectivity index (χ1) is 27.8. The van der Waals surface area contributed by atoms with Crippen molar-refractivity contribution in [3.8, 4) is 16.9 Å². The summed E-state index contributed by atoms with van der Waals surface area (Å²) in [6, 6.07) is 32.4. The van der Waals surface area contributed by atoms with E-state index in [1.54, 1.807) is 0 Å². The number of pyridine rings is 1.